The van der Waals surface area contributed by atoms with Crippen molar-refractivity contribution in [3.8, 4) is 0 Å². The summed E-state index contributed by atoms with van der Waals surface area (Å²) in [7, 11) is 0. The zero-order valence-corrected chi connectivity index (χ0v) is 10.3. The Labute approximate surface area is 90.9 Å². The number of halogens is 1. The molecule has 0 aromatic rings. The standard InChI is InChI=1S/C12H21Br/c1-11(7-6-10-13)12-8-4-2-3-5-9-12/h7,12H,2-6,8-10H2,1H3. The van der Waals surface area contributed by atoms with Gasteiger partial charge in [-0.15, -0.1) is 0 Å². The van der Waals surface area contributed by atoms with Crippen LogP contribution < -0.4 is 0 Å². The lowest BCUT2D eigenvalue weighted by atomic mass is 9.92. The van der Waals surface area contributed by atoms with Gasteiger partial charge in [-0.2, -0.15) is 0 Å². The Kier molecular flexibility index (Phi) is 5.77. The molecule has 0 aliphatic heterocycles. The van der Waals surface area contributed by atoms with Gasteiger partial charge in [-0.25, -0.2) is 0 Å². The average molecular weight is 245 g/mol. The van der Waals surface area contributed by atoms with Crippen molar-refractivity contribution in [3.05, 3.63) is 11.6 Å². The van der Waals surface area contributed by atoms with E-state index in [2.05, 4.69) is 28.9 Å². The quantitative estimate of drug-likeness (QED) is 0.384. The fourth-order valence-corrected chi connectivity index (χ4v) is 2.41. The molecule has 0 aromatic carbocycles. The van der Waals surface area contributed by atoms with Crippen LogP contribution in [0.5, 0.6) is 0 Å². The molecule has 1 saturated carbocycles. The van der Waals surface area contributed by atoms with Crippen LogP contribution >= 0.6 is 15.9 Å². The van der Waals surface area contributed by atoms with Gasteiger partial charge in [-0.3, -0.25) is 0 Å². The zero-order valence-electron chi connectivity index (χ0n) is 8.69. The van der Waals surface area contributed by atoms with Crippen molar-refractivity contribution >= 4 is 15.9 Å². The first-order valence-electron chi connectivity index (χ1n) is 5.57. The third kappa shape index (κ3) is 4.30. The van der Waals surface area contributed by atoms with Gasteiger partial charge in [0.05, 0.1) is 0 Å². The highest BCUT2D eigenvalue weighted by Gasteiger charge is 2.12. The molecule has 0 radical (unpaired) electrons. The van der Waals surface area contributed by atoms with Gasteiger partial charge in [0.15, 0.2) is 0 Å². The van der Waals surface area contributed by atoms with Gasteiger partial charge in [0.25, 0.3) is 0 Å². The Morgan fingerprint density at radius 3 is 2.38 bits per heavy atom. The molecule has 0 N–H and O–H groups in total. The largest absolute Gasteiger partial charge is 0.0925 e. The van der Waals surface area contributed by atoms with Crippen LogP contribution in [0.4, 0.5) is 0 Å². The van der Waals surface area contributed by atoms with E-state index in [0.29, 0.717) is 0 Å². The summed E-state index contributed by atoms with van der Waals surface area (Å²) < 4.78 is 0. The molecule has 0 heterocycles. The number of rotatable bonds is 3. The van der Waals surface area contributed by atoms with Crippen LogP contribution in [0.25, 0.3) is 0 Å². The van der Waals surface area contributed by atoms with Crippen LogP contribution in [-0.2, 0) is 0 Å². The van der Waals surface area contributed by atoms with Gasteiger partial charge in [0, 0.05) is 5.33 Å². The van der Waals surface area contributed by atoms with E-state index in [-0.39, 0.29) is 0 Å². The van der Waals surface area contributed by atoms with E-state index in [0.717, 1.165) is 11.2 Å². The summed E-state index contributed by atoms with van der Waals surface area (Å²) in [4.78, 5) is 0. The Morgan fingerprint density at radius 1 is 1.23 bits per heavy atom. The molecule has 0 unspecified atom stereocenters. The molecule has 1 rings (SSSR count). The second kappa shape index (κ2) is 6.64. The number of hydrogen-bond acceptors (Lipinski definition) is 0. The molecule has 0 amide bonds. The molecule has 1 aliphatic carbocycles. The van der Waals surface area contributed by atoms with E-state index >= 15 is 0 Å². The van der Waals surface area contributed by atoms with Crippen LogP contribution in [-0.4, -0.2) is 5.33 Å². The van der Waals surface area contributed by atoms with Crippen LogP contribution in [0, 0.1) is 5.92 Å². The van der Waals surface area contributed by atoms with Gasteiger partial charge in [-0.1, -0.05) is 53.3 Å². The lowest BCUT2D eigenvalue weighted by molar-refractivity contribution is 0.528. The second-order valence-electron chi connectivity index (χ2n) is 4.11. The Hall–Kier alpha value is 0.220. The van der Waals surface area contributed by atoms with E-state index in [1.165, 1.54) is 44.9 Å². The van der Waals surface area contributed by atoms with Crippen molar-refractivity contribution < 1.29 is 0 Å². The minimum Gasteiger partial charge on any atom is -0.0925 e. The molecule has 0 saturated heterocycles. The lowest BCUT2D eigenvalue weighted by Crippen LogP contribution is -2.00. The summed E-state index contributed by atoms with van der Waals surface area (Å²) in [5, 5.41) is 1.11. The van der Waals surface area contributed by atoms with Crippen molar-refractivity contribution in [1.29, 1.82) is 0 Å². The molecular formula is C12H21Br. The van der Waals surface area contributed by atoms with Gasteiger partial charge in [-0.05, 0) is 32.1 Å². The molecular weight excluding hydrogens is 224 g/mol. The van der Waals surface area contributed by atoms with Crippen LogP contribution in [0.15, 0.2) is 11.6 Å². The minimum atomic E-state index is 0.904. The molecule has 0 spiro atoms. The van der Waals surface area contributed by atoms with Gasteiger partial charge in [0.2, 0.25) is 0 Å². The third-order valence-corrected chi connectivity index (χ3v) is 3.53. The van der Waals surface area contributed by atoms with Gasteiger partial charge >= 0.3 is 0 Å². The van der Waals surface area contributed by atoms with Gasteiger partial charge in [0.1, 0.15) is 0 Å². The first-order chi connectivity index (χ1) is 6.34. The number of alkyl halides is 1. The molecule has 1 aliphatic rings. The topological polar surface area (TPSA) is 0 Å². The molecule has 76 valence electrons. The summed E-state index contributed by atoms with van der Waals surface area (Å²) in [6.07, 6.45) is 12.3. The molecule has 13 heavy (non-hydrogen) atoms. The Morgan fingerprint density at radius 2 is 1.85 bits per heavy atom. The van der Waals surface area contributed by atoms with E-state index in [9.17, 15) is 0 Å². The van der Waals surface area contributed by atoms with E-state index in [1.807, 2.05) is 0 Å². The summed E-state index contributed by atoms with van der Waals surface area (Å²) in [5.74, 6) is 0.904. The fraction of sp³-hybridized carbons (Fsp3) is 0.833. The number of hydrogen-bond donors (Lipinski definition) is 0. The highest BCUT2D eigenvalue weighted by Crippen LogP contribution is 2.28. The van der Waals surface area contributed by atoms with Crippen LogP contribution in [0.2, 0.25) is 0 Å². The SMILES string of the molecule is CC(=CCCBr)C1CCCCCC1. The smallest absolute Gasteiger partial charge is 0.00660 e. The first kappa shape index (κ1) is 11.3. The Balaban J connectivity index is 2.38. The minimum absolute atomic E-state index is 0.904. The molecule has 0 aromatic heterocycles. The predicted octanol–water partition coefficient (Wildman–Crippen LogP) is 4.69. The van der Waals surface area contributed by atoms with Crippen molar-refractivity contribution in [1.82, 2.24) is 0 Å². The van der Waals surface area contributed by atoms with Crippen LogP contribution in [0.3, 0.4) is 0 Å². The molecule has 1 fully saturated rings. The number of allylic oxidation sites excluding steroid dienone is 2. The first-order valence-corrected chi connectivity index (χ1v) is 6.69. The normalized spacial score (nSPS) is 21.5. The van der Waals surface area contributed by atoms with Crippen LogP contribution in [0.1, 0.15) is 51.9 Å². The summed E-state index contributed by atoms with van der Waals surface area (Å²) >= 11 is 3.47. The molecule has 1 heteroatoms. The second-order valence-corrected chi connectivity index (χ2v) is 4.91. The lowest BCUT2D eigenvalue weighted by Gasteiger charge is -2.14. The van der Waals surface area contributed by atoms with Crippen molar-refractivity contribution in [3.63, 3.8) is 0 Å². The fourth-order valence-electron chi connectivity index (χ4n) is 2.18. The van der Waals surface area contributed by atoms with E-state index in [4.69, 9.17) is 0 Å². The van der Waals surface area contributed by atoms with Crippen molar-refractivity contribution in [2.24, 2.45) is 5.92 Å². The maximum absolute atomic E-state index is 3.47. The summed E-state index contributed by atoms with van der Waals surface area (Å²) in [5.41, 5.74) is 1.64. The molecule has 0 nitrogen and oxygen atoms in total. The summed E-state index contributed by atoms with van der Waals surface area (Å²) in [6, 6.07) is 0. The molecule has 0 atom stereocenters. The highest BCUT2D eigenvalue weighted by molar-refractivity contribution is 9.09. The Bertz CT molecular complexity index is 153. The summed E-state index contributed by atoms with van der Waals surface area (Å²) in [6.45, 7) is 2.32. The van der Waals surface area contributed by atoms with Gasteiger partial charge < -0.3 is 0 Å². The maximum Gasteiger partial charge on any atom is 0.00660 e. The van der Waals surface area contributed by atoms with E-state index < -0.39 is 0 Å². The van der Waals surface area contributed by atoms with Crippen molar-refractivity contribution in [2.75, 3.05) is 5.33 Å². The zero-order chi connectivity index (χ0) is 9.52. The monoisotopic (exact) mass is 244 g/mol. The van der Waals surface area contributed by atoms with Crippen molar-refractivity contribution in [2.45, 2.75) is 51.9 Å². The highest BCUT2D eigenvalue weighted by atomic mass is 79.9. The third-order valence-electron chi connectivity index (χ3n) is 3.07. The van der Waals surface area contributed by atoms with E-state index in [1.54, 1.807) is 5.57 Å². The maximum atomic E-state index is 3.47. The molecule has 0 bridgehead atoms. The predicted molar refractivity (Wildman–Crippen MR) is 63.4 cm³/mol. The average Bonchev–Trinajstić information content (AvgIpc) is 2.42.